The molecule has 0 saturated carbocycles. The first kappa shape index (κ1) is 35.7. The summed E-state index contributed by atoms with van der Waals surface area (Å²) < 4.78 is 0. The molecule has 0 fully saturated rings. The van der Waals surface area contributed by atoms with Crippen LogP contribution in [0.3, 0.4) is 0 Å². The SMILES string of the molecule is CC(C)[C@H](NC(=O)[C@H](Cc1ccccc1)NC(=O)c1ccccc1)C(=O)N[C@@H](CCCNC(=N)N)C(=O)c1cc([N+](=O)[O-])ccc1N. The van der Waals surface area contributed by atoms with Crippen molar-refractivity contribution in [3.05, 3.63) is 106 Å². The molecule has 0 saturated heterocycles. The number of amides is 3. The Morgan fingerprint density at radius 1 is 0.872 bits per heavy atom. The molecule has 0 aliphatic carbocycles. The van der Waals surface area contributed by atoms with Gasteiger partial charge in [0.25, 0.3) is 11.6 Å². The van der Waals surface area contributed by atoms with E-state index >= 15 is 0 Å². The van der Waals surface area contributed by atoms with E-state index in [-0.39, 0.29) is 48.7 Å². The molecule has 14 heteroatoms. The van der Waals surface area contributed by atoms with Crippen molar-refractivity contribution in [2.24, 2.45) is 11.7 Å². The highest BCUT2D eigenvalue weighted by molar-refractivity contribution is 6.06. The highest BCUT2D eigenvalue weighted by atomic mass is 16.6. The Balaban J connectivity index is 1.85. The Bertz CT molecular complexity index is 1580. The van der Waals surface area contributed by atoms with Crippen molar-refractivity contribution in [1.29, 1.82) is 5.41 Å². The van der Waals surface area contributed by atoms with E-state index < -0.39 is 52.5 Å². The minimum absolute atomic E-state index is 0.00617. The van der Waals surface area contributed by atoms with Crippen LogP contribution in [0.15, 0.2) is 78.9 Å². The topological polar surface area (TPSA) is 235 Å². The lowest BCUT2D eigenvalue weighted by Gasteiger charge is -2.27. The van der Waals surface area contributed by atoms with E-state index in [2.05, 4.69) is 21.3 Å². The van der Waals surface area contributed by atoms with Crippen LogP contribution in [0.5, 0.6) is 0 Å². The van der Waals surface area contributed by atoms with Crippen molar-refractivity contribution in [3.8, 4) is 0 Å². The zero-order valence-electron chi connectivity index (χ0n) is 26.2. The van der Waals surface area contributed by atoms with Crippen molar-refractivity contribution in [2.45, 2.75) is 51.2 Å². The van der Waals surface area contributed by atoms with E-state index in [1.165, 1.54) is 12.1 Å². The summed E-state index contributed by atoms with van der Waals surface area (Å²) in [6, 6.07) is 17.6. The second kappa shape index (κ2) is 17.1. The molecule has 0 unspecified atom stereocenters. The number of benzene rings is 3. The van der Waals surface area contributed by atoms with Gasteiger partial charge in [0.05, 0.1) is 11.0 Å². The number of ketones is 1. The van der Waals surface area contributed by atoms with Crippen LogP contribution < -0.4 is 32.7 Å². The Morgan fingerprint density at radius 3 is 2.11 bits per heavy atom. The molecule has 9 N–H and O–H groups in total. The van der Waals surface area contributed by atoms with Gasteiger partial charge in [-0.05, 0) is 42.5 Å². The van der Waals surface area contributed by atoms with Crippen LogP contribution >= 0.6 is 0 Å². The largest absolute Gasteiger partial charge is 0.398 e. The van der Waals surface area contributed by atoms with Gasteiger partial charge >= 0.3 is 0 Å². The molecule has 3 amide bonds. The fourth-order valence-electron chi connectivity index (χ4n) is 4.80. The number of carbonyl (C=O) groups excluding carboxylic acids is 4. The fourth-order valence-corrected chi connectivity index (χ4v) is 4.80. The second-order valence-electron chi connectivity index (χ2n) is 11.2. The Hall–Kier alpha value is -5.79. The van der Waals surface area contributed by atoms with Crippen LogP contribution in [0.4, 0.5) is 11.4 Å². The molecule has 0 radical (unpaired) electrons. The second-order valence-corrected chi connectivity index (χ2v) is 11.2. The molecule has 0 aromatic heterocycles. The molecule has 47 heavy (non-hydrogen) atoms. The highest BCUT2D eigenvalue weighted by Crippen LogP contribution is 2.22. The molecule has 0 aliphatic rings. The van der Waals surface area contributed by atoms with Gasteiger partial charge in [0.15, 0.2) is 11.7 Å². The average molecular weight is 645 g/mol. The number of nitrogens with one attached hydrogen (secondary N) is 5. The summed E-state index contributed by atoms with van der Waals surface area (Å²) in [4.78, 5) is 64.8. The smallest absolute Gasteiger partial charge is 0.270 e. The molecule has 14 nitrogen and oxygen atoms in total. The Labute approximate surface area is 272 Å². The van der Waals surface area contributed by atoms with Crippen molar-refractivity contribution >= 4 is 40.8 Å². The number of hydrogen-bond acceptors (Lipinski definition) is 8. The lowest BCUT2D eigenvalue weighted by Crippen LogP contribution is -2.57. The number of carbonyl (C=O) groups is 4. The van der Waals surface area contributed by atoms with Gasteiger partial charge in [-0.2, -0.15) is 0 Å². The Kier molecular flexibility index (Phi) is 12.9. The van der Waals surface area contributed by atoms with Crippen molar-refractivity contribution in [2.75, 3.05) is 12.3 Å². The number of non-ortho nitro benzene ring substituents is 1. The lowest BCUT2D eigenvalue weighted by molar-refractivity contribution is -0.384. The molecule has 3 rings (SSSR count). The number of Topliss-reactive ketones (excluding diaryl/α,β-unsaturated/α-hetero) is 1. The number of nitro benzene ring substituents is 1. The van der Waals surface area contributed by atoms with Crippen molar-refractivity contribution < 1.29 is 24.1 Å². The molecule has 0 spiro atoms. The lowest BCUT2D eigenvalue weighted by atomic mass is 9.96. The van der Waals surface area contributed by atoms with Gasteiger partial charge in [0.2, 0.25) is 11.8 Å². The molecule has 0 bridgehead atoms. The number of rotatable bonds is 16. The van der Waals surface area contributed by atoms with E-state index in [1.54, 1.807) is 44.2 Å². The molecular weight excluding hydrogens is 604 g/mol. The predicted molar refractivity (Wildman–Crippen MR) is 178 cm³/mol. The zero-order valence-corrected chi connectivity index (χ0v) is 26.2. The summed E-state index contributed by atoms with van der Waals surface area (Å²) in [6.07, 6.45) is 0.498. The highest BCUT2D eigenvalue weighted by Gasteiger charge is 2.32. The Morgan fingerprint density at radius 2 is 1.51 bits per heavy atom. The monoisotopic (exact) mass is 644 g/mol. The fraction of sp³-hybridized carbons (Fsp3) is 0.303. The molecule has 3 aromatic rings. The third kappa shape index (κ3) is 10.7. The summed E-state index contributed by atoms with van der Waals surface area (Å²) in [6.45, 7) is 3.64. The summed E-state index contributed by atoms with van der Waals surface area (Å²) in [5.74, 6) is -3.13. The summed E-state index contributed by atoms with van der Waals surface area (Å²) in [5.41, 5.74) is 12.0. The number of anilines is 1. The minimum Gasteiger partial charge on any atom is -0.398 e. The van der Waals surface area contributed by atoms with E-state index in [4.69, 9.17) is 16.9 Å². The first-order chi connectivity index (χ1) is 22.4. The number of nitrogens with zero attached hydrogens (tertiary/aromatic N) is 1. The van der Waals surface area contributed by atoms with Crippen LogP contribution in [0.25, 0.3) is 0 Å². The number of nitrogens with two attached hydrogens (primary N) is 2. The van der Waals surface area contributed by atoms with Gasteiger partial charge < -0.3 is 32.7 Å². The van der Waals surface area contributed by atoms with Gasteiger partial charge in [-0.1, -0.05) is 62.4 Å². The molecule has 0 heterocycles. The van der Waals surface area contributed by atoms with E-state index in [9.17, 15) is 29.3 Å². The third-order valence-corrected chi connectivity index (χ3v) is 7.32. The van der Waals surface area contributed by atoms with Gasteiger partial charge in [0.1, 0.15) is 12.1 Å². The maximum absolute atomic E-state index is 13.7. The van der Waals surface area contributed by atoms with E-state index in [1.807, 2.05) is 30.3 Å². The quantitative estimate of drug-likeness (QED) is 0.0230. The molecular formula is C33H40N8O6. The van der Waals surface area contributed by atoms with E-state index in [0.29, 0.717) is 5.56 Å². The van der Waals surface area contributed by atoms with E-state index in [0.717, 1.165) is 11.6 Å². The number of nitro groups is 1. The summed E-state index contributed by atoms with van der Waals surface area (Å²) in [5, 5.41) is 29.6. The zero-order chi connectivity index (χ0) is 34.5. The van der Waals surface area contributed by atoms with Crippen LogP contribution in [-0.4, -0.2) is 59.1 Å². The number of guanidine groups is 1. The van der Waals surface area contributed by atoms with Crippen LogP contribution in [0.1, 0.15) is 53.0 Å². The molecule has 0 aliphatic heterocycles. The molecule has 248 valence electrons. The van der Waals surface area contributed by atoms with Gasteiger partial charge in [-0.15, -0.1) is 0 Å². The molecule has 3 atom stereocenters. The van der Waals surface area contributed by atoms with Crippen molar-refractivity contribution in [1.82, 2.24) is 21.3 Å². The minimum atomic E-state index is -1.18. The molecule has 3 aromatic carbocycles. The van der Waals surface area contributed by atoms with Crippen molar-refractivity contribution in [3.63, 3.8) is 0 Å². The van der Waals surface area contributed by atoms with Crippen LogP contribution in [-0.2, 0) is 16.0 Å². The van der Waals surface area contributed by atoms with Gasteiger partial charge in [-0.3, -0.25) is 34.7 Å². The maximum Gasteiger partial charge on any atom is 0.270 e. The number of nitrogen functional groups attached to an aromatic ring is 1. The predicted octanol–water partition coefficient (Wildman–Crippen LogP) is 2.29. The normalized spacial score (nSPS) is 12.7. The third-order valence-electron chi connectivity index (χ3n) is 7.32. The van der Waals surface area contributed by atoms with Crippen LogP contribution in [0, 0.1) is 21.4 Å². The average Bonchev–Trinajstić information content (AvgIpc) is 3.04. The van der Waals surface area contributed by atoms with Gasteiger partial charge in [-0.25, -0.2) is 0 Å². The summed E-state index contributed by atoms with van der Waals surface area (Å²) in [7, 11) is 0. The maximum atomic E-state index is 13.7. The van der Waals surface area contributed by atoms with Crippen LogP contribution in [0.2, 0.25) is 0 Å². The summed E-state index contributed by atoms with van der Waals surface area (Å²) >= 11 is 0. The standard InChI is InChI=1S/C33H40N8O6/c1-20(2)28(40-31(44)27(18-21-10-5-3-6-11-21)39-30(43)22-12-7-4-8-13-22)32(45)38-26(14-9-17-37-33(35)36)29(42)24-19-23(41(46)47)15-16-25(24)34/h3-8,10-13,15-16,19-20,26-28H,9,14,17-18,34H2,1-2H3,(H,38,45)(H,39,43)(H,40,44)(H4,35,36,37)/t26-,27-,28-/m0/s1. The first-order valence-corrected chi connectivity index (χ1v) is 15.0. The first-order valence-electron chi connectivity index (χ1n) is 15.0. The van der Waals surface area contributed by atoms with Gasteiger partial charge in [0, 0.05) is 41.9 Å². The number of hydrogen-bond donors (Lipinski definition) is 7.